The molecule has 0 radical (unpaired) electrons. The molecule has 1 aliphatic rings. The molecule has 1 heterocycles. The summed E-state index contributed by atoms with van der Waals surface area (Å²) in [4.78, 5) is 4.60. The molecule has 14 heavy (non-hydrogen) atoms. The first kappa shape index (κ1) is 11.5. The Morgan fingerprint density at radius 3 is 2.86 bits per heavy atom. The van der Waals surface area contributed by atoms with E-state index in [4.69, 9.17) is 5.26 Å². The topological polar surface area (TPSA) is 30.3 Å². The van der Waals surface area contributed by atoms with Crippen LogP contribution in [0.3, 0.4) is 0 Å². The van der Waals surface area contributed by atoms with E-state index in [0.717, 1.165) is 13.0 Å². The first-order valence-corrected chi connectivity index (χ1v) is 5.49. The lowest BCUT2D eigenvalue weighted by atomic mass is 10.0. The third-order valence-corrected chi connectivity index (χ3v) is 3.20. The summed E-state index contributed by atoms with van der Waals surface area (Å²) >= 11 is 0. The fraction of sp³-hybridized carbons (Fsp3) is 0.909. The van der Waals surface area contributed by atoms with Gasteiger partial charge < -0.3 is 4.90 Å². The second kappa shape index (κ2) is 5.33. The summed E-state index contributed by atoms with van der Waals surface area (Å²) in [6.07, 6.45) is 3.42. The standard InChI is InChI=1S/C11H21N3/c1-4-10(8-12)14(3)11-6-5-7-13(2)9-11/h10-11H,4-7,9H2,1-3H3. The largest absolute Gasteiger partial charge is 0.305 e. The van der Waals surface area contributed by atoms with Crippen molar-refractivity contribution in [2.24, 2.45) is 0 Å². The fourth-order valence-corrected chi connectivity index (χ4v) is 2.20. The van der Waals surface area contributed by atoms with Gasteiger partial charge >= 0.3 is 0 Å². The molecule has 0 aromatic carbocycles. The second-order valence-electron chi connectivity index (χ2n) is 4.28. The molecule has 1 aliphatic heterocycles. The molecule has 1 fully saturated rings. The molecular formula is C11H21N3. The Hall–Kier alpha value is -0.590. The van der Waals surface area contributed by atoms with Crippen LogP contribution in [0.2, 0.25) is 0 Å². The number of nitriles is 1. The lowest BCUT2D eigenvalue weighted by Gasteiger charge is -2.37. The van der Waals surface area contributed by atoms with Crippen LogP contribution < -0.4 is 0 Å². The Kier molecular flexibility index (Phi) is 4.37. The minimum absolute atomic E-state index is 0.0894. The normalized spacial score (nSPS) is 26.1. The second-order valence-corrected chi connectivity index (χ2v) is 4.28. The van der Waals surface area contributed by atoms with Gasteiger partial charge in [0, 0.05) is 12.6 Å². The van der Waals surface area contributed by atoms with Gasteiger partial charge in [0.25, 0.3) is 0 Å². The molecule has 0 aliphatic carbocycles. The number of likely N-dealkylation sites (tertiary alicyclic amines) is 1. The van der Waals surface area contributed by atoms with Crippen molar-refractivity contribution in [1.29, 1.82) is 5.26 Å². The van der Waals surface area contributed by atoms with Gasteiger partial charge in [-0.1, -0.05) is 6.92 Å². The van der Waals surface area contributed by atoms with Crippen LogP contribution in [0.25, 0.3) is 0 Å². The SMILES string of the molecule is CCC(C#N)N(C)C1CCCN(C)C1. The first-order valence-electron chi connectivity index (χ1n) is 5.49. The minimum Gasteiger partial charge on any atom is -0.305 e. The third kappa shape index (κ3) is 2.70. The number of piperidine rings is 1. The minimum atomic E-state index is 0.0894. The van der Waals surface area contributed by atoms with Crippen molar-refractivity contribution >= 4 is 0 Å². The average molecular weight is 195 g/mol. The van der Waals surface area contributed by atoms with E-state index < -0.39 is 0 Å². The van der Waals surface area contributed by atoms with Crippen LogP contribution >= 0.6 is 0 Å². The number of hydrogen-bond acceptors (Lipinski definition) is 3. The lowest BCUT2D eigenvalue weighted by Crippen LogP contribution is -2.48. The average Bonchev–Trinajstić information content (AvgIpc) is 2.19. The Bertz CT molecular complexity index is 209. The molecule has 3 heteroatoms. The van der Waals surface area contributed by atoms with E-state index in [0.29, 0.717) is 6.04 Å². The Morgan fingerprint density at radius 2 is 2.36 bits per heavy atom. The molecule has 0 aromatic heterocycles. The summed E-state index contributed by atoms with van der Waals surface area (Å²) in [6, 6.07) is 3.03. The van der Waals surface area contributed by atoms with Crippen LogP contribution in [0.1, 0.15) is 26.2 Å². The van der Waals surface area contributed by atoms with E-state index in [1.807, 2.05) is 0 Å². The molecule has 2 unspecified atom stereocenters. The van der Waals surface area contributed by atoms with Gasteiger partial charge in [0.15, 0.2) is 0 Å². The highest BCUT2D eigenvalue weighted by Gasteiger charge is 2.25. The Balaban J connectivity index is 2.50. The van der Waals surface area contributed by atoms with Gasteiger partial charge in [0.2, 0.25) is 0 Å². The van der Waals surface area contributed by atoms with Gasteiger partial charge in [-0.3, -0.25) is 4.90 Å². The molecular weight excluding hydrogens is 174 g/mol. The maximum absolute atomic E-state index is 8.99. The summed E-state index contributed by atoms with van der Waals surface area (Å²) in [5.41, 5.74) is 0. The van der Waals surface area contributed by atoms with Crippen molar-refractivity contribution in [1.82, 2.24) is 9.80 Å². The summed E-state index contributed by atoms with van der Waals surface area (Å²) in [6.45, 7) is 4.39. The molecule has 80 valence electrons. The number of likely N-dealkylation sites (N-methyl/N-ethyl adjacent to an activating group) is 2. The van der Waals surface area contributed by atoms with Gasteiger partial charge in [0.05, 0.1) is 12.1 Å². The molecule has 2 atom stereocenters. The van der Waals surface area contributed by atoms with E-state index >= 15 is 0 Å². The molecule has 0 saturated carbocycles. The van der Waals surface area contributed by atoms with Crippen LogP contribution in [-0.4, -0.2) is 49.1 Å². The molecule has 0 N–H and O–H groups in total. The Morgan fingerprint density at radius 1 is 1.64 bits per heavy atom. The van der Waals surface area contributed by atoms with Gasteiger partial charge in [-0.25, -0.2) is 0 Å². The highest BCUT2D eigenvalue weighted by Crippen LogP contribution is 2.16. The molecule has 0 aromatic rings. The molecule has 1 rings (SSSR count). The highest BCUT2D eigenvalue weighted by atomic mass is 15.2. The van der Waals surface area contributed by atoms with E-state index in [1.165, 1.54) is 19.4 Å². The monoisotopic (exact) mass is 195 g/mol. The molecule has 0 bridgehead atoms. The zero-order valence-corrected chi connectivity index (χ0v) is 9.53. The zero-order chi connectivity index (χ0) is 10.6. The molecule has 1 saturated heterocycles. The van der Waals surface area contributed by atoms with E-state index in [2.05, 4.69) is 36.9 Å². The maximum atomic E-state index is 8.99. The van der Waals surface area contributed by atoms with Gasteiger partial charge in [0.1, 0.15) is 0 Å². The predicted molar refractivity (Wildman–Crippen MR) is 58.0 cm³/mol. The van der Waals surface area contributed by atoms with Crippen LogP contribution in [0, 0.1) is 11.3 Å². The zero-order valence-electron chi connectivity index (χ0n) is 9.53. The molecule has 0 amide bonds. The lowest BCUT2D eigenvalue weighted by molar-refractivity contribution is 0.115. The summed E-state index contributed by atoms with van der Waals surface area (Å²) in [7, 11) is 4.24. The first-order chi connectivity index (χ1) is 6.69. The maximum Gasteiger partial charge on any atom is 0.0975 e. The van der Waals surface area contributed by atoms with Crippen LogP contribution in [0.15, 0.2) is 0 Å². The van der Waals surface area contributed by atoms with E-state index in [9.17, 15) is 0 Å². The van der Waals surface area contributed by atoms with Crippen LogP contribution in [0.5, 0.6) is 0 Å². The van der Waals surface area contributed by atoms with Crippen molar-refractivity contribution in [3.05, 3.63) is 0 Å². The number of hydrogen-bond donors (Lipinski definition) is 0. The molecule has 3 nitrogen and oxygen atoms in total. The van der Waals surface area contributed by atoms with Crippen LogP contribution in [-0.2, 0) is 0 Å². The van der Waals surface area contributed by atoms with Crippen LogP contribution in [0.4, 0.5) is 0 Å². The van der Waals surface area contributed by atoms with E-state index in [-0.39, 0.29) is 6.04 Å². The number of nitrogens with zero attached hydrogens (tertiary/aromatic N) is 3. The fourth-order valence-electron chi connectivity index (χ4n) is 2.20. The summed E-state index contributed by atoms with van der Waals surface area (Å²) in [5, 5.41) is 8.99. The van der Waals surface area contributed by atoms with Crippen molar-refractivity contribution in [2.45, 2.75) is 38.3 Å². The van der Waals surface area contributed by atoms with Gasteiger partial charge in [-0.05, 0) is 39.9 Å². The number of rotatable bonds is 3. The Labute approximate surface area is 87.3 Å². The van der Waals surface area contributed by atoms with Crippen molar-refractivity contribution in [2.75, 3.05) is 27.2 Å². The quantitative estimate of drug-likeness (QED) is 0.680. The van der Waals surface area contributed by atoms with Crippen molar-refractivity contribution < 1.29 is 0 Å². The third-order valence-electron chi connectivity index (χ3n) is 3.20. The smallest absolute Gasteiger partial charge is 0.0975 e. The highest BCUT2D eigenvalue weighted by molar-refractivity contribution is 4.93. The van der Waals surface area contributed by atoms with Crippen molar-refractivity contribution in [3.63, 3.8) is 0 Å². The molecule has 0 spiro atoms. The summed E-state index contributed by atoms with van der Waals surface area (Å²) < 4.78 is 0. The van der Waals surface area contributed by atoms with Crippen molar-refractivity contribution in [3.8, 4) is 6.07 Å². The van der Waals surface area contributed by atoms with Gasteiger partial charge in [-0.15, -0.1) is 0 Å². The van der Waals surface area contributed by atoms with Gasteiger partial charge in [-0.2, -0.15) is 5.26 Å². The summed E-state index contributed by atoms with van der Waals surface area (Å²) in [5.74, 6) is 0. The van der Waals surface area contributed by atoms with E-state index in [1.54, 1.807) is 0 Å². The predicted octanol–water partition coefficient (Wildman–Crippen LogP) is 1.31.